The second kappa shape index (κ2) is 12.0. The Morgan fingerprint density at radius 3 is 2.79 bits per heavy atom. The van der Waals surface area contributed by atoms with Gasteiger partial charge in [-0.15, -0.1) is 24.0 Å². The van der Waals surface area contributed by atoms with Crippen LogP contribution in [0.3, 0.4) is 0 Å². The lowest BCUT2D eigenvalue weighted by atomic mass is 10.0. The van der Waals surface area contributed by atoms with E-state index in [0.29, 0.717) is 23.6 Å². The minimum absolute atomic E-state index is 0. The summed E-state index contributed by atoms with van der Waals surface area (Å²) in [7, 11) is 1.65. The second-order valence-corrected chi connectivity index (χ2v) is 7.48. The zero-order valence-electron chi connectivity index (χ0n) is 17.3. The molecule has 1 aliphatic heterocycles. The average molecular weight is 513 g/mol. The molecule has 1 aromatic heterocycles. The normalized spacial score (nSPS) is 17.1. The average Bonchev–Trinajstić information content (AvgIpc) is 3.19. The minimum atomic E-state index is 0. The molecule has 1 fully saturated rings. The number of nitrogens with two attached hydrogens (primary N) is 1. The molecule has 0 bridgehead atoms. The van der Waals surface area contributed by atoms with Crippen molar-refractivity contribution < 1.29 is 9.26 Å². The maximum Gasteiger partial charge on any atom is 0.226 e. The molecule has 1 aliphatic rings. The summed E-state index contributed by atoms with van der Waals surface area (Å²) < 4.78 is 10.5. The van der Waals surface area contributed by atoms with Gasteiger partial charge in [-0.2, -0.15) is 4.98 Å². The lowest BCUT2D eigenvalue weighted by Crippen LogP contribution is -2.43. The largest absolute Gasteiger partial charge is 0.497 e. The van der Waals surface area contributed by atoms with Gasteiger partial charge in [-0.05, 0) is 55.9 Å². The number of hydrogen-bond donors (Lipinski definition) is 1. The second-order valence-electron chi connectivity index (χ2n) is 7.48. The fourth-order valence-electron chi connectivity index (χ4n) is 3.47. The van der Waals surface area contributed by atoms with Crippen LogP contribution in [0.2, 0.25) is 0 Å². The van der Waals surface area contributed by atoms with Crippen molar-refractivity contribution in [3.05, 3.63) is 30.2 Å². The Bertz CT molecular complexity index is 763. The third-order valence-corrected chi connectivity index (χ3v) is 5.12. The monoisotopic (exact) mass is 513 g/mol. The summed E-state index contributed by atoms with van der Waals surface area (Å²) in [6.45, 7) is 5.12. The summed E-state index contributed by atoms with van der Waals surface area (Å²) in [6.07, 6.45) is 6.36. The van der Waals surface area contributed by atoms with Crippen LogP contribution in [0.25, 0.3) is 11.4 Å². The molecule has 1 aromatic carbocycles. The zero-order chi connectivity index (χ0) is 19.8. The van der Waals surface area contributed by atoms with E-state index < -0.39 is 0 Å². The van der Waals surface area contributed by atoms with Crippen molar-refractivity contribution in [1.82, 2.24) is 15.0 Å². The van der Waals surface area contributed by atoms with Crippen LogP contribution in [0.15, 0.2) is 33.8 Å². The van der Waals surface area contributed by atoms with Gasteiger partial charge in [0.15, 0.2) is 5.96 Å². The first-order chi connectivity index (χ1) is 13.7. The molecule has 2 aromatic rings. The van der Waals surface area contributed by atoms with E-state index in [0.717, 1.165) is 56.6 Å². The molecule has 0 saturated carbocycles. The molecule has 2 N–H and O–H groups in total. The van der Waals surface area contributed by atoms with Gasteiger partial charge in [0.25, 0.3) is 0 Å². The Kier molecular flexibility index (Phi) is 9.69. The standard InChI is InChI=1S/C21H31N5O2.HI/c1-16-7-6-14-26(15-16)21(22)23-13-5-3-4-8-19-24-20(25-28-19)17-9-11-18(27-2)12-10-17;/h9-12,16H,3-8,13-15H2,1-2H3,(H2,22,23);1H. The lowest BCUT2D eigenvalue weighted by Gasteiger charge is -2.31. The Hall–Kier alpha value is -1.84. The summed E-state index contributed by atoms with van der Waals surface area (Å²) >= 11 is 0. The van der Waals surface area contributed by atoms with Gasteiger partial charge in [-0.25, -0.2) is 0 Å². The van der Waals surface area contributed by atoms with Crippen LogP contribution in [0, 0.1) is 5.92 Å². The molecule has 29 heavy (non-hydrogen) atoms. The number of halogens is 1. The van der Waals surface area contributed by atoms with Gasteiger partial charge in [0.1, 0.15) is 5.75 Å². The minimum Gasteiger partial charge on any atom is -0.497 e. The van der Waals surface area contributed by atoms with Gasteiger partial charge in [0, 0.05) is 31.6 Å². The number of piperidine rings is 1. The van der Waals surface area contributed by atoms with Crippen molar-refractivity contribution in [2.45, 2.75) is 45.4 Å². The van der Waals surface area contributed by atoms with Crippen LogP contribution < -0.4 is 10.5 Å². The molecule has 2 heterocycles. The van der Waals surface area contributed by atoms with E-state index in [1.54, 1.807) is 7.11 Å². The summed E-state index contributed by atoms with van der Waals surface area (Å²) in [5, 5.41) is 4.07. The first kappa shape index (κ1) is 23.4. The predicted octanol–water partition coefficient (Wildman–Crippen LogP) is 4.12. The van der Waals surface area contributed by atoms with Gasteiger partial charge >= 0.3 is 0 Å². The third kappa shape index (κ3) is 7.17. The highest BCUT2D eigenvalue weighted by molar-refractivity contribution is 14.0. The molecule has 8 heteroatoms. The molecule has 1 unspecified atom stereocenters. The van der Waals surface area contributed by atoms with Crippen molar-refractivity contribution >= 4 is 29.9 Å². The molecule has 3 rings (SSSR count). The summed E-state index contributed by atoms with van der Waals surface area (Å²) in [5.74, 6) is 3.51. The number of aliphatic imine (C=N–C) groups is 1. The molecule has 160 valence electrons. The lowest BCUT2D eigenvalue weighted by molar-refractivity contribution is 0.270. The molecule has 0 amide bonds. The van der Waals surface area contributed by atoms with Crippen LogP contribution in [0.4, 0.5) is 0 Å². The van der Waals surface area contributed by atoms with E-state index in [1.165, 1.54) is 12.8 Å². The van der Waals surface area contributed by atoms with Crippen LogP contribution in [-0.4, -0.2) is 47.7 Å². The number of benzene rings is 1. The molecular formula is C21H32IN5O2. The van der Waals surface area contributed by atoms with Crippen molar-refractivity contribution in [3.8, 4) is 17.1 Å². The molecular weight excluding hydrogens is 481 g/mol. The van der Waals surface area contributed by atoms with Gasteiger partial charge < -0.3 is 19.9 Å². The van der Waals surface area contributed by atoms with Crippen LogP contribution in [0.5, 0.6) is 5.75 Å². The number of methoxy groups -OCH3 is 1. The quantitative estimate of drug-likeness (QED) is 0.247. The topological polar surface area (TPSA) is 89.8 Å². The highest BCUT2D eigenvalue weighted by atomic mass is 127. The van der Waals surface area contributed by atoms with E-state index in [1.807, 2.05) is 24.3 Å². The number of aromatic nitrogens is 2. The Morgan fingerprint density at radius 1 is 1.28 bits per heavy atom. The zero-order valence-corrected chi connectivity index (χ0v) is 19.7. The highest BCUT2D eigenvalue weighted by Crippen LogP contribution is 2.20. The van der Waals surface area contributed by atoms with Crippen LogP contribution >= 0.6 is 24.0 Å². The summed E-state index contributed by atoms with van der Waals surface area (Å²) in [5.41, 5.74) is 7.05. The fraction of sp³-hybridized carbons (Fsp3) is 0.571. The van der Waals surface area contributed by atoms with Gasteiger partial charge in [-0.1, -0.05) is 18.5 Å². The summed E-state index contributed by atoms with van der Waals surface area (Å²) in [4.78, 5) is 11.2. The van der Waals surface area contributed by atoms with E-state index in [2.05, 4.69) is 27.0 Å². The van der Waals surface area contributed by atoms with E-state index in [4.69, 9.17) is 15.0 Å². The van der Waals surface area contributed by atoms with Gasteiger partial charge in [0.05, 0.1) is 7.11 Å². The predicted molar refractivity (Wildman–Crippen MR) is 126 cm³/mol. The number of nitrogens with zero attached hydrogens (tertiary/aromatic N) is 4. The number of hydrogen-bond acceptors (Lipinski definition) is 5. The molecule has 0 radical (unpaired) electrons. The SMILES string of the molecule is COc1ccc(-c2noc(CCCCCN=C(N)N3CCCC(C)C3)n2)cc1.I. The Balaban J connectivity index is 0.00000300. The first-order valence-electron chi connectivity index (χ1n) is 10.2. The number of rotatable bonds is 8. The van der Waals surface area contributed by atoms with Crippen LogP contribution in [-0.2, 0) is 6.42 Å². The van der Waals surface area contributed by atoms with Crippen molar-refractivity contribution in [3.63, 3.8) is 0 Å². The third-order valence-electron chi connectivity index (χ3n) is 5.12. The van der Waals surface area contributed by atoms with Gasteiger partial charge in [0.2, 0.25) is 11.7 Å². The maximum atomic E-state index is 6.13. The smallest absolute Gasteiger partial charge is 0.226 e. The molecule has 0 aliphatic carbocycles. The number of guanidine groups is 1. The number of ether oxygens (including phenoxy) is 1. The van der Waals surface area contributed by atoms with Crippen molar-refractivity contribution in [1.29, 1.82) is 0 Å². The van der Waals surface area contributed by atoms with Crippen molar-refractivity contribution in [2.75, 3.05) is 26.7 Å². The van der Waals surface area contributed by atoms with Crippen molar-refractivity contribution in [2.24, 2.45) is 16.6 Å². The Labute approximate surface area is 190 Å². The van der Waals surface area contributed by atoms with Crippen LogP contribution in [0.1, 0.15) is 44.9 Å². The highest BCUT2D eigenvalue weighted by Gasteiger charge is 2.17. The molecule has 1 saturated heterocycles. The molecule has 7 nitrogen and oxygen atoms in total. The summed E-state index contributed by atoms with van der Waals surface area (Å²) in [6, 6.07) is 7.64. The van der Waals surface area contributed by atoms with Gasteiger partial charge in [-0.3, -0.25) is 4.99 Å². The fourth-order valence-corrected chi connectivity index (χ4v) is 3.47. The number of likely N-dealkylation sites (tertiary alicyclic amines) is 1. The number of unbranched alkanes of at least 4 members (excludes halogenated alkanes) is 2. The van der Waals surface area contributed by atoms with E-state index in [-0.39, 0.29) is 24.0 Å². The van der Waals surface area contributed by atoms with E-state index >= 15 is 0 Å². The number of aryl methyl sites for hydroxylation is 1. The Morgan fingerprint density at radius 2 is 2.07 bits per heavy atom. The molecule has 0 spiro atoms. The maximum absolute atomic E-state index is 6.13. The van der Waals surface area contributed by atoms with E-state index in [9.17, 15) is 0 Å². The molecule has 1 atom stereocenters. The first-order valence-corrected chi connectivity index (χ1v) is 10.2.